The van der Waals surface area contributed by atoms with Crippen molar-refractivity contribution >= 4 is 17.1 Å². The van der Waals surface area contributed by atoms with Crippen LogP contribution in [-0.4, -0.2) is 22.8 Å². The molecule has 2 aliphatic carbocycles. The molecule has 0 aliphatic heterocycles. The third-order valence-corrected chi connectivity index (χ3v) is 4.32. The highest BCUT2D eigenvalue weighted by molar-refractivity contribution is 6.53. The van der Waals surface area contributed by atoms with Crippen molar-refractivity contribution in [2.24, 2.45) is 0 Å². The fraction of sp³-hybridized carbons (Fsp3) is 0.176. The Bertz CT molecular complexity index is 825. The number of Topliss-reactive ketones (excluding diaryl/α,β-unsaturated/α-hetero) is 2. The van der Waals surface area contributed by atoms with E-state index < -0.39 is 17.7 Å². The van der Waals surface area contributed by atoms with Crippen LogP contribution in [0.25, 0.3) is 16.9 Å². The second-order valence-corrected chi connectivity index (χ2v) is 5.42. The summed E-state index contributed by atoms with van der Waals surface area (Å²) in [4.78, 5) is 24.6. The van der Waals surface area contributed by atoms with E-state index in [-0.39, 0.29) is 0 Å². The second kappa shape index (κ2) is 4.02. The summed E-state index contributed by atoms with van der Waals surface area (Å²) in [5.41, 5.74) is 3.55. The molecule has 0 radical (unpaired) electrons. The number of carbonyl (C=O) groups is 2. The van der Waals surface area contributed by atoms with Crippen LogP contribution in [0.1, 0.15) is 38.3 Å². The van der Waals surface area contributed by atoms with Gasteiger partial charge in [0.15, 0.2) is 0 Å². The Morgan fingerprint density at radius 2 is 1.86 bits per heavy atom. The Hall–Kier alpha value is -2.46. The number of hydrogen-bond donors (Lipinski definition) is 1. The van der Waals surface area contributed by atoms with E-state index in [1.807, 2.05) is 6.07 Å². The number of carbonyl (C=O) groups excluding carboxylic acids is 2. The lowest BCUT2D eigenvalue weighted by Gasteiger charge is -2.27. The normalized spacial score (nSPS) is 20.0. The fourth-order valence-electron chi connectivity index (χ4n) is 3.22. The number of furan rings is 1. The molecule has 1 aromatic heterocycles. The lowest BCUT2D eigenvalue weighted by molar-refractivity contribution is 0.0813. The monoisotopic (exact) mass is 280 g/mol. The van der Waals surface area contributed by atoms with Crippen molar-refractivity contribution in [3.63, 3.8) is 0 Å². The van der Waals surface area contributed by atoms with Gasteiger partial charge in [-0.3, -0.25) is 9.59 Å². The zero-order chi connectivity index (χ0) is 14.7. The third kappa shape index (κ3) is 1.48. The predicted molar refractivity (Wildman–Crippen MR) is 76.2 cm³/mol. The van der Waals surface area contributed by atoms with Gasteiger partial charge in [-0.15, -0.1) is 0 Å². The highest BCUT2D eigenvalue weighted by Crippen LogP contribution is 2.41. The van der Waals surface area contributed by atoms with Crippen molar-refractivity contribution in [3.8, 4) is 11.3 Å². The van der Waals surface area contributed by atoms with Crippen LogP contribution >= 0.6 is 0 Å². The van der Waals surface area contributed by atoms with Gasteiger partial charge in [-0.25, -0.2) is 0 Å². The van der Waals surface area contributed by atoms with E-state index in [0.717, 1.165) is 11.1 Å². The largest absolute Gasteiger partial charge is 0.464 e. The number of ketones is 2. The fourth-order valence-corrected chi connectivity index (χ4v) is 3.22. The Morgan fingerprint density at radius 3 is 2.67 bits per heavy atom. The lowest BCUT2D eigenvalue weighted by atomic mass is 9.77. The first-order valence-electron chi connectivity index (χ1n) is 6.79. The van der Waals surface area contributed by atoms with E-state index in [2.05, 4.69) is 6.58 Å². The Kier molecular flexibility index (Phi) is 2.35. The number of aliphatic hydroxyl groups is 1. The maximum absolute atomic E-state index is 12.5. The molecule has 0 amide bonds. The molecule has 4 nitrogen and oxygen atoms in total. The summed E-state index contributed by atoms with van der Waals surface area (Å²) in [6, 6.07) is 5.14. The van der Waals surface area contributed by atoms with Crippen LogP contribution in [0, 0.1) is 0 Å². The first-order chi connectivity index (χ1) is 10.1. The van der Waals surface area contributed by atoms with Crippen LogP contribution in [0.4, 0.5) is 0 Å². The number of benzene rings is 1. The molecule has 1 atom stereocenters. The Balaban J connectivity index is 2.05. The zero-order valence-corrected chi connectivity index (χ0v) is 11.2. The predicted octanol–water partition coefficient (Wildman–Crippen LogP) is 2.65. The van der Waals surface area contributed by atoms with Gasteiger partial charge in [0.25, 0.3) is 0 Å². The number of hydrogen-bond acceptors (Lipinski definition) is 4. The van der Waals surface area contributed by atoms with Crippen LogP contribution in [0.2, 0.25) is 0 Å². The SMILES string of the molecule is C=C1c2ccc3c(c2CCC1O)C(=O)C(=O)c1ccoc1-3. The molecule has 104 valence electrons. The topological polar surface area (TPSA) is 67.5 Å². The standard InChI is InChI=1S/C17H12O4/c1-8-9-2-3-11-14(10(9)4-5-13(8)18)16(20)15(19)12-6-7-21-17(11)12/h2-3,6-7,13,18H,1,4-5H2. The molecule has 2 aromatic rings. The van der Waals surface area contributed by atoms with Gasteiger partial charge in [-0.2, -0.15) is 0 Å². The van der Waals surface area contributed by atoms with Crippen LogP contribution in [0.3, 0.4) is 0 Å². The van der Waals surface area contributed by atoms with Crippen LogP contribution in [0.5, 0.6) is 0 Å². The highest BCUT2D eigenvalue weighted by Gasteiger charge is 2.36. The van der Waals surface area contributed by atoms with Gasteiger partial charge in [-0.1, -0.05) is 12.6 Å². The maximum atomic E-state index is 12.5. The molecule has 2 aliphatic rings. The quantitative estimate of drug-likeness (QED) is 0.753. The summed E-state index contributed by atoms with van der Waals surface area (Å²) >= 11 is 0. The average Bonchev–Trinajstić information content (AvgIpc) is 2.97. The van der Waals surface area contributed by atoms with E-state index in [1.54, 1.807) is 6.07 Å². The van der Waals surface area contributed by atoms with Crippen LogP contribution in [0.15, 0.2) is 35.5 Å². The summed E-state index contributed by atoms with van der Waals surface area (Å²) in [5.74, 6) is -0.578. The number of aliphatic hydroxyl groups excluding tert-OH is 1. The molecule has 0 saturated heterocycles. The van der Waals surface area contributed by atoms with Crippen molar-refractivity contribution in [1.29, 1.82) is 0 Å². The molecule has 0 fully saturated rings. The average molecular weight is 280 g/mol. The summed E-state index contributed by atoms with van der Waals surface area (Å²) < 4.78 is 5.40. The molecule has 4 rings (SSSR count). The van der Waals surface area contributed by atoms with Crippen molar-refractivity contribution in [2.75, 3.05) is 0 Å². The number of rotatable bonds is 0. The molecule has 21 heavy (non-hydrogen) atoms. The molecule has 0 saturated carbocycles. The van der Waals surface area contributed by atoms with E-state index in [0.29, 0.717) is 40.9 Å². The van der Waals surface area contributed by atoms with Gasteiger partial charge in [0, 0.05) is 11.1 Å². The smallest absolute Gasteiger partial charge is 0.237 e. The van der Waals surface area contributed by atoms with Crippen LogP contribution < -0.4 is 0 Å². The molecule has 1 unspecified atom stereocenters. The molecule has 1 heterocycles. The summed E-state index contributed by atoms with van der Waals surface area (Å²) in [6.07, 6.45) is 1.89. The second-order valence-electron chi connectivity index (χ2n) is 5.42. The van der Waals surface area contributed by atoms with E-state index >= 15 is 0 Å². The summed E-state index contributed by atoms with van der Waals surface area (Å²) in [7, 11) is 0. The Labute approximate surface area is 120 Å². The van der Waals surface area contributed by atoms with Crippen LogP contribution in [-0.2, 0) is 6.42 Å². The first kappa shape index (κ1) is 12.3. The summed E-state index contributed by atoms with van der Waals surface area (Å²) in [6.45, 7) is 3.89. The van der Waals surface area contributed by atoms with E-state index in [4.69, 9.17) is 4.42 Å². The zero-order valence-electron chi connectivity index (χ0n) is 11.2. The molecule has 0 spiro atoms. The van der Waals surface area contributed by atoms with Gasteiger partial charge < -0.3 is 9.52 Å². The maximum Gasteiger partial charge on any atom is 0.237 e. The van der Waals surface area contributed by atoms with Crippen molar-refractivity contribution in [3.05, 3.63) is 53.3 Å². The van der Waals surface area contributed by atoms with Crippen molar-refractivity contribution in [2.45, 2.75) is 18.9 Å². The first-order valence-corrected chi connectivity index (χ1v) is 6.79. The summed E-state index contributed by atoms with van der Waals surface area (Å²) in [5, 5.41) is 9.90. The van der Waals surface area contributed by atoms with E-state index in [9.17, 15) is 14.7 Å². The number of fused-ring (bicyclic) bond motifs is 5. The minimum Gasteiger partial charge on any atom is -0.464 e. The molecule has 4 heteroatoms. The van der Waals surface area contributed by atoms with Gasteiger partial charge in [-0.05, 0) is 41.7 Å². The van der Waals surface area contributed by atoms with Crippen molar-refractivity contribution in [1.82, 2.24) is 0 Å². The minimum atomic E-state index is -0.593. The van der Waals surface area contributed by atoms with Gasteiger partial charge in [0.2, 0.25) is 11.6 Å². The molecular formula is C17H12O4. The van der Waals surface area contributed by atoms with Gasteiger partial charge >= 0.3 is 0 Å². The Morgan fingerprint density at radius 1 is 1.10 bits per heavy atom. The molecule has 1 N–H and O–H groups in total. The van der Waals surface area contributed by atoms with Crippen molar-refractivity contribution < 1.29 is 19.1 Å². The molecule has 0 bridgehead atoms. The minimum absolute atomic E-state index is 0.321. The van der Waals surface area contributed by atoms with Gasteiger partial charge in [0.05, 0.1) is 17.9 Å². The molecule has 1 aromatic carbocycles. The third-order valence-electron chi connectivity index (χ3n) is 4.32. The highest BCUT2D eigenvalue weighted by atomic mass is 16.3. The molecular weight excluding hydrogens is 268 g/mol. The van der Waals surface area contributed by atoms with Gasteiger partial charge in [0.1, 0.15) is 5.76 Å². The lowest BCUT2D eigenvalue weighted by Crippen LogP contribution is -2.26. The van der Waals surface area contributed by atoms with E-state index in [1.165, 1.54) is 12.3 Å².